The Hall–Kier alpha value is -1.14. The number of fused-ring (bicyclic) bond motifs is 5. The lowest BCUT2D eigenvalue weighted by molar-refractivity contribution is -0.210. The lowest BCUT2D eigenvalue weighted by Gasteiger charge is -2.63. The summed E-state index contributed by atoms with van der Waals surface area (Å²) in [4.78, 5) is 4.39. The number of aliphatic hydroxyl groups excluding tert-OH is 1. The zero-order valence-corrected chi connectivity index (χ0v) is 20.2. The number of rotatable bonds is 4. The van der Waals surface area contributed by atoms with E-state index in [0.717, 1.165) is 83.3 Å². The molecule has 4 aliphatic carbocycles. The van der Waals surface area contributed by atoms with Crippen molar-refractivity contribution in [3.8, 4) is 0 Å². The topological polar surface area (TPSA) is 89.2 Å². The molecule has 4 N–H and O–H groups in total. The van der Waals surface area contributed by atoms with Gasteiger partial charge in [-0.05, 0) is 112 Å². The van der Waals surface area contributed by atoms with Gasteiger partial charge in [0.25, 0.3) is 0 Å². The van der Waals surface area contributed by atoms with Crippen LogP contribution in [0.1, 0.15) is 90.9 Å². The highest BCUT2D eigenvalue weighted by Crippen LogP contribution is 2.69. The largest absolute Gasteiger partial charge is 0.393 e. The maximum absolute atomic E-state index is 12.2. The van der Waals surface area contributed by atoms with Gasteiger partial charge in [0.05, 0.1) is 11.7 Å². The van der Waals surface area contributed by atoms with Crippen molar-refractivity contribution in [1.82, 2.24) is 10.7 Å². The summed E-state index contributed by atoms with van der Waals surface area (Å²) in [6, 6.07) is 0. The summed E-state index contributed by atoms with van der Waals surface area (Å²) in [6.07, 6.45) is 14.9. The normalized spacial score (nSPS) is 48.4. The molecule has 6 nitrogen and oxygen atoms in total. The van der Waals surface area contributed by atoms with Crippen molar-refractivity contribution in [1.29, 1.82) is 0 Å². The molecule has 5 rings (SSSR count). The Balaban J connectivity index is 1.23. The Kier molecular flexibility index (Phi) is 6.07. The minimum atomic E-state index is -0.513. The summed E-state index contributed by atoms with van der Waals surface area (Å²) in [5.41, 5.74) is 2.86. The van der Waals surface area contributed by atoms with Crippen LogP contribution in [0.15, 0.2) is 10.1 Å². The monoisotopic (exact) mass is 444 g/mol. The molecule has 0 amide bonds. The number of guanidine groups is 1. The van der Waals surface area contributed by atoms with Crippen LogP contribution in [-0.4, -0.2) is 47.2 Å². The molecule has 0 aromatic heterocycles. The smallest absolute Gasteiger partial charge is 0.212 e. The van der Waals surface area contributed by atoms with Crippen molar-refractivity contribution in [3.63, 3.8) is 0 Å². The Morgan fingerprint density at radius 3 is 2.81 bits per heavy atom. The minimum absolute atomic E-state index is 0.0296. The van der Waals surface area contributed by atoms with Gasteiger partial charge in [0.15, 0.2) is 0 Å². The number of hydrogen-bond acceptors (Lipinski definition) is 6. The molecule has 3 unspecified atom stereocenters. The first kappa shape index (κ1) is 22.6. The van der Waals surface area contributed by atoms with E-state index in [-0.39, 0.29) is 11.5 Å². The van der Waals surface area contributed by atoms with Gasteiger partial charge in [-0.3, -0.25) is 4.99 Å². The summed E-state index contributed by atoms with van der Waals surface area (Å²) < 4.78 is 0. The lowest BCUT2D eigenvalue weighted by Crippen LogP contribution is -2.62. The zero-order valence-electron chi connectivity index (χ0n) is 20.2. The van der Waals surface area contributed by atoms with Gasteiger partial charge < -0.3 is 15.5 Å². The molecule has 4 fully saturated rings. The van der Waals surface area contributed by atoms with E-state index in [2.05, 4.69) is 34.7 Å². The van der Waals surface area contributed by atoms with Crippen LogP contribution in [0.2, 0.25) is 0 Å². The maximum atomic E-state index is 12.2. The van der Waals surface area contributed by atoms with Gasteiger partial charge in [-0.15, -0.1) is 0 Å². The molecule has 0 radical (unpaired) electrons. The molecule has 32 heavy (non-hydrogen) atoms. The van der Waals surface area contributed by atoms with Crippen LogP contribution in [0.25, 0.3) is 0 Å². The summed E-state index contributed by atoms with van der Waals surface area (Å²) in [5, 5.41) is 30.1. The Morgan fingerprint density at radius 2 is 2.00 bits per heavy atom. The van der Waals surface area contributed by atoms with Gasteiger partial charge in [0, 0.05) is 19.3 Å². The van der Waals surface area contributed by atoms with Crippen LogP contribution >= 0.6 is 0 Å². The quantitative estimate of drug-likeness (QED) is 0.392. The van der Waals surface area contributed by atoms with E-state index in [0.29, 0.717) is 29.1 Å². The summed E-state index contributed by atoms with van der Waals surface area (Å²) in [7, 11) is 0. The second kappa shape index (κ2) is 8.57. The first-order valence-corrected chi connectivity index (χ1v) is 13.3. The number of nitrogens with one attached hydrogen (secondary N) is 2. The molecule has 0 spiro atoms. The van der Waals surface area contributed by atoms with Crippen molar-refractivity contribution in [2.45, 2.75) is 103 Å². The molecule has 6 heteroatoms. The lowest BCUT2D eigenvalue weighted by atomic mass is 9.43. The van der Waals surface area contributed by atoms with Gasteiger partial charge in [-0.1, -0.05) is 13.8 Å². The van der Waals surface area contributed by atoms with Gasteiger partial charge in [0.1, 0.15) is 0 Å². The highest BCUT2D eigenvalue weighted by Gasteiger charge is 2.66. The van der Waals surface area contributed by atoms with Crippen molar-refractivity contribution < 1.29 is 10.2 Å². The molecule has 5 aliphatic rings. The van der Waals surface area contributed by atoms with E-state index < -0.39 is 5.60 Å². The first-order chi connectivity index (χ1) is 15.4. The van der Waals surface area contributed by atoms with E-state index in [9.17, 15) is 10.2 Å². The molecule has 4 saturated carbocycles. The first-order valence-electron chi connectivity index (χ1n) is 13.3. The second-order valence-electron chi connectivity index (χ2n) is 12.0. The molecule has 1 heterocycles. The van der Waals surface area contributed by atoms with E-state index in [1.807, 2.05) is 6.21 Å². The Bertz CT molecular complexity index is 756. The van der Waals surface area contributed by atoms with Gasteiger partial charge in [0.2, 0.25) is 5.96 Å². The summed E-state index contributed by atoms with van der Waals surface area (Å²) in [6.45, 7) is 6.72. The van der Waals surface area contributed by atoms with Crippen LogP contribution < -0.4 is 10.7 Å². The van der Waals surface area contributed by atoms with Gasteiger partial charge in [-0.2, -0.15) is 5.10 Å². The molecule has 0 aromatic rings. The fourth-order valence-corrected chi connectivity index (χ4v) is 8.83. The molecule has 180 valence electrons. The Labute approximate surface area is 193 Å². The summed E-state index contributed by atoms with van der Waals surface area (Å²) in [5.74, 6) is 3.06. The van der Waals surface area contributed by atoms with Gasteiger partial charge >= 0.3 is 0 Å². The molecular formula is C26H44N4O2. The number of hydrazone groups is 1. The predicted octanol–water partition coefficient (Wildman–Crippen LogP) is 3.83. The van der Waals surface area contributed by atoms with Crippen LogP contribution in [0, 0.1) is 34.5 Å². The molecule has 8 atom stereocenters. The number of nitrogens with zero attached hydrogens (tertiary/aromatic N) is 2. The maximum Gasteiger partial charge on any atom is 0.212 e. The third-order valence-electron chi connectivity index (χ3n) is 10.8. The predicted molar refractivity (Wildman–Crippen MR) is 128 cm³/mol. The minimum Gasteiger partial charge on any atom is -0.393 e. The molecule has 1 aliphatic heterocycles. The van der Waals surface area contributed by atoms with Crippen molar-refractivity contribution >= 4 is 12.2 Å². The molecule has 0 aromatic carbocycles. The second-order valence-corrected chi connectivity index (χ2v) is 12.0. The third-order valence-corrected chi connectivity index (χ3v) is 10.8. The Morgan fingerprint density at radius 1 is 1.12 bits per heavy atom. The third kappa shape index (κ3) is 3.60. The van der Waals surface area contributed by atoms with E-state index in [1.165, 1.54) is 12.8 Å². The van der Waals surface area contributed by atoms with Crippen LogP contribution in [0.4, 0.5) is 0 Å². The molecule has 0 saturated heterocycles. The fraction of sp³-hybridized carbons (Fsp3) is 0.923. The standard InChI is InChI=1S/C26H44N4O2/c1-24-11-9-20(31)17-19(24)6-7-22-21(24)10-12-25(2)18(8-13-26(22,25)32)5-3-16-29-30-23-27-14-4-15-28-23/h16,18-22,31-32H,3-15,17H2,1-2H3,(H2,27,28,30)/b29-16+/t18?,19?,20?,21-,22-,24+,25-,26-/m1/s1. The van der Waals surface area contributed by atoms with Crippen molar-refractivity contribution in [3.05, 3.63) is 0 Å². The summed E-state index contributed by atoms with van der Waals surface area (Å²) >= 11 is 0. The van der Waals surface area contributed by atoms with Crippen molar-refractivity contribution in [2.75, 3.05) is 13.1 Å². The number of hydrogen-bond donors (Lipinski definition) is 4. The number of aliphatic imine (C=N–C) groups is 1. The highest BCUT2D eigenvalue weighted by atomic mass is 16.3. The van der Waals surface area contributed by atoms with E-state index >= 15 is 0 Å². The van der Waals surface area contributed by atoms with E-state index in [4.69, 9.17) is 0 Å². The average Bonchev–Trinajstić information content (AvgIpc) is 3.06. The van der Waals surface area contributed by atoms with Crippen LogP contribution in [0.5, 0.6) is 0 Å². The van der Waals surface area contributed by atoms with Crippen molar-refractivity contribution in [2.24, 2.45) is 44.6 Å². The molecular weight excluding hydrogens is 400 g/mol. The van der Waals surface area contributed by atoms with Gasteiger partial charge in [-0.25, -0.2) is 5.43 Å². The average molecular weight is 445 g/mol. The van der Waals surface area contributed by atoms with E-state index in [1.54, 1.807) is 0 Å². The SMILES string of the molecule is C[C@]12CCC(O)CC1CC[C@@H]1[C@H]2CC[C@]2(C)C(CC/C=N/NC3=NCCCN3)CC[C@@]12O. The highest BCUT2D eigenvalue weighted by molar-refractivity contribution is 5.80. The van der Waals surface area contributed by atoms with Crippen LogP contribution in [-0.2, 0) is 0 Å². The number of aliphatic hydroxyl groups is 2. The zero-order chi connectivity index (χ0) is 22.4. The molecule has 0 bridgehead atoms. The van der Waals surface area contributed by atoms with Crippen LogP contribution in [0.3, 0.4) is 0 Å². The fourth-order valence-electron chi connectivity index (χ4n) is 8.83.